The monoisotopic (exact) mass is 170 g/mol. The van der Waals surface area contributed by atoms with E-state index in [1.165, 1.54) is 25.7 Å². The van der Waals surface area contributed by atoms with Gasteiger partial charge in [0.25, 0.3) is 0 Å². The van der Waals surface area contributed by atoms with Crippen molar-refractivity contribution in [2.24, 2.45) is 5.73 Å². The molecule has 1 rings (SSSR count). The van der Waals surface area contributed by atoms with Crippen LogP contribution >= 0.6 is 0 Å². The molecule has 72 valence electrons. The number of hydrogen-bond acceptors (Lipinski definition) is 2. The van der Waals surface area contributed by atoms with Crippen LogP contribution in [0.4, 0.5) is 0 Å². The third kappa shape index (κ3) is 2.46. The van der Waals surface area contributed by atoms with E-state index in [1.54, 1.807) is 0 Å². The van der Waals surface area contributed by atoms with Crippen molar-refractivity contribution in [3.05, 3.63) is 0 Å². The van der Waals surface area contributed by atoms with Crippen LogP contribution in [-0.2, 0) is 0 Å². The maximum atomic E-state index is 5.81. The molecule has 0 spiro atoms. The predicted octanol–water partition coefficient (Wildman–Crippen LogP) is 1.65. The minimum absolute atomic E-state index is 0.198. The van der Waals surface area contributed by atoms with Crippen molar-refractivity contribution < 1.29 is 0 Å². The fraction of sp³-hybridized carbons (Fsp3) is 1.00. The molecule has 1 fully saturated rings. The van der Waals surface area contributed by atoms with Gasteiger partial charge in [0.05, 0.1) is 0 Å². The van der Waals surface area contributed by atoms with Crippen molar-refractivity contribution in [2.45, 2.75) is 57.5 Å². The van der Waals surface area contributed by atoms with Gasteiger partial charge in [-0.3, -0.25) is 0 Å². The van der Waals surface area contributed by atoms with E-state index in [9.17, 15) is 0 Å². The van der Waals surface area contributed by atoms with Gasteiger partial charge >= 0.3 is 0 Å². The highest BCUT2D eigenvalue weighted by molar-refractivity contribution is 4.97. The Labute approximate surface area is 75.9 Å². The normalized spacial score (nSPS) is 23.0. The Morgan fingerprint density at radius 3 is 2.08 bits per heavy atom. The second-order valence-corrected chi connectivity index (χ2v) is 5.07. The molecule has 2 heteroatoms. The van der Waals surface area contributed by atoms with Crippen molar-refractivity contribution in [2.75, 3.05) is 6.54 Å². The molecule has 0 radical (unpaired) electrons. The van der Waals surface area contributed by atoms with E-state index in [0.29, 0.717) is 0 Å². The zero-order valence-corrected chi connectivity index (χ0v) is 8.61. The first-order valence-electron chi connectivity index (χ1n) is 4.97. The van der Waals surface area contributed by atoms with E-state index in [2.05, 4.69) is 26.1 Å². The topological polar surface area (TPSA) is 38.0 Å². The summed E-state index contributed by atoms with van der Waals surface area (Å²) in [7, 11) is 0. The van der Waals surface area contributed by atoms with Gasteiger partial charge in [0.1, 0.15) is 0 Å². The van der Waals surface area contributed by atoms with E-state index in [4.69, 9.17) is 5.73 Å². The Bertz CT molecular complexity index is 140. The molecule has 0 amide bonds. The van der Waals surface area contributed by atoms with Gasteiger partial charge in [-0.1, -0.05) is 12.8 Å². The lowest BCUT2D eigenvalue weighted by Crippen LogP contribution is -2.56. The summed E-state index contributed by atoms with van der Waals surface area (Å²) in [4.78, 5) is 0. The van der Waals surface area contributed by atoms with Crippen LogP contribution in [0.5, 0.6) is 0 Å². The largest absolute Gasteiger partial charge is 0.329 e. The Hall–Kier alpha value is -0.0800. The van der Waals surface area contributed by atoms with E-state index in [-0.39, 0.29) is 11.1 Å². The average molecular weight is 170 g/mol. The summed E-state index contributed by atoms with van der Waals surface area (Å²) in [6.45, 7) is 7.42. The highest BCUT2D eigenvalue weighted by atomic mass is 15.1. The Morgan fingerprint density at radius 1 is 1.25 bits per heavy atom. The van der Waals surface area contributed by atoms with Crippen LogP contribution in [0, 0.1) is 0 Å². The van der Waals surface area contributed by atoms with Gasteiger partial charge in [-0.15, -0.1) is 0 Å². The maximum absolute atomic E-state index is 5.81. The van der Waals surface area contributed by atoms with Crippen molar-refractivity contribution in [3.63, 3.8) is 0 Å². The number of nitrogens with one attached hydrogen (secondary N) is 1. The lowest BCUT2D eigenvalue weighted by Gasteiger charge is -2.36. The summed E-state index contributed by atoms with van der Waals surface area (Å²) in [6.07, 6.45) is 5.17. The van der Waals surface area contributed by atoms with Gasteiger partial charge in [-0.25, -0.2) is 0 Å². The van der Waals surface area contributed by atoms with Crippen LogP contribution in [0.3, 0.4) is 0 Å². The standard InChI is InChI=1S/C10H22N2/c1-9(2,3)12-10(8-11)6-4-5-7-10/h12H,4-8,11H2,1-3H3. The van der Waals surface area contributed by atoms with Gasteiger partial charge in [0.15, 0.2) is 0 Å². The second-order valence-electron chi connectivity index (χ2n) is 5.07. The quantitative estimate of drug-likeness (QED) is 0.661. The fourth-order valence-electron chi connectivity index (χ4n) is 2.23. The number of nitrogens with two attached hydrogens (primary N) is 1. The minimum Gasteiger partial charge on any atom is -0.329 e. The predicted molar refractivity (Wildman–Crippen MR) is 53.1 cm³/mol. The molecule has 2 nitrogen and oxygen atoms in total. The Morgan fingerprint density at radius 2 is 1.75 bits per heavy atom. The van der Waals surface area contributed by atoms with E-state index in [0.717, 1.165) is 6.54 Å². The molecule has 0 heterocycles. The summed E-state index contributed by atoms with van der Waals surface area (Å²) in [5.41, 5.74) is 6.26. The van der Waals surface area contributed by atoms with Crippen molar-refractivity contribution in [1.82, 2.24) is 5.32 Å². The van der Waals surface area contributed by atoms with Crippen molar-refractivity contribution in [3.8, 4) is 0 Å². The third-order valence-corrected chi connectivity index (χ3v) is 2.59. The summed E-state index contributed by atoms with van der Waals surface area (Å²) < 4.78 is 0. The van der Waals surface area contributed by atoms with Crippen molar-refractivity contribution >= 4 is 0 Å². The molecular weight excluding hydrogens is 148 g/mol. The molecule has 0 unspecified atom stereocenters. The molecule has 0 aromatic heterocycles. The molecule has 1 aliphatic carbocycles. The lowest BCUT2D eigenvalue weighted by atomic mass is 9.93. The van der Waals surface area contributed by atoms with Gasteiger partial charge in [0.2, 0.25) is 0 Å². The van der Waals surface area contributed by atoms with E-state index >= 15 is 0 Å². The average Bonchev–Trinajstić information content (AvgIpc) is 2.34. The Kier molecular flexibility index (Phi) is 2.79. The first kappa shape index (κ1) is 10.0. The van der Waals surface area contributed by atoms with Gasteiger partial charge in [-0.05, 0) is 33.6 Å². The van der Waals surface area contributed by atoms with Crippen LogP contribution in [0.15, 0.2) is 0 Å². The molecule has 12 heavy (non-hydrogen) atoms. The number of rotatable bonds is 2. The van der Waals surface area contributed by atoms with Crippen LogP contribution in [0.2, 0.25) is 0 Å². The third-order valence-electron chi connectivity index (χ3n) is 2.59. The zero-order valence-electron chi connectivity index (χ0n) is 8.61. The summed E-state index contributed by atoms with van der Waals surface area (Å²) in [5.74, 6) is 0. The molecule has 0 aromatic carbocycles. The smallest absolute Gasteiger partial charge is 0.0308 e. The van der Waals surface area contributed by atoms with E-state index in [1.807, 2.05) is 0 Å². The Balaban J connectivity index is 2.55. The van der Waals surface area contributed by atoms with Gasteiger partial charge in [-0.2, -0.15) is 0 Å². The maximum Gasteiger partial charge on any atom is 0.0308 e. The highest BCUT2D eigenvalue weighted by Gasteiger charge is 2.34. The van der Waals surface area contributed by atoms with Crippen LogP contribution in [0.25, 0.3) is 0 Å². The summed E-state index contributed by atoms with van der Waals surface area (Å²) in [6, 6.07) is 0. The molecular formula is C10H22N2. The summed E-state index contributed by atoms with van der Waals surface area (Å²) in [5, 5.41) is 3.66. The molecule has 0 saturated heterocycles. The van der Waals surface area contributed by atoms with Crippen molar-refractivity contribution in [1.29, 1.82) is 0 Å². The molecule has 1 saturated carbocycles. The first-order chi connectivity index (χ1) is 5.47. The van der Waals surface area contributed by atoms with Crippen LogP contribution < -0.4 is 11.1 Å². The fourth-order valence-corrected chi connectivity index (χ4v) is 2.23. The van der Waals surface area contributed by atoms with Crippen LogP contribution in [0.1, 0.15) is 46.5 Å². The molecule has 1 aliphatic rings. The van der Waals surface area contributed by atoms with Gasteiger partial charge < -0.3 is 11.1 Å². The highest BCUT2D eigenvalue weighted by Crippen LogP contribution is 2.30. The summed E-state index contributed by atoms with van der Waals surface area (Å²) >= 11 is 0. The molecule has 0 bridgehead atoms. The number of hydrogen-bond donors (Lipinski definition) is 2. The molecule has 3 N–H and O–H groups in total. The zero-order chi connectivity index (χ0) is 9.24. The minimum atomic E-state index is 0.198. The van der Waals surface area contributed by atoms with Gasteiger partial charge in [0, 0.05) is 17.6 Å². The second kappa shape index (κ2) is 3.35. The molecule has 0 aliphatic heterocycles. The lowest BCUT2D eigenvalue weighted by molar-refractivity contribution is 0.253. The van der Waals surface area contributed by atoms with Crippen LogP contribution in [-0.4, -0.2) is 17.6 Å². The SMILES string of the molecule is CC(C)(C)NC1(CN)CCCC1. The van der Waals surface area contributed by atoms with E-state index < -0.39 is 0 Å². The molecule has 0 atom stereocenters. The molecule has 0 aromatic rings. The first-order valence-corrected chi connectivity index (χ1v) is 4.97.